The summed E-state index contributed by atoms with van der Waals surface area (Å²) in [6, 6.07) is 0. The van der Waals surface area contributed by atoms with Crippen LogP contribution in [0.25, 0.3) is 0 Å². The number of aryl methyl sites for hydroxylation is 1. The summed E-state index contributed by atoms with van der Waals surface area (Å²) in [6.07, 6.45) is 2.46. The van der Waals surface area contributed by atoms with E-state index < -0.39 is 8.32 Å². The smallest absolute Gasteiger partial charge is 0.358 e. The number of hydrogen-bond acceptors (Lipinski definition) is 6. The molecule has 0 bridgehead atoms. The number of aromatic nitrogens is 1. The highest BCUT2D eigenvalue weighted by molar-refractivity contribution is 7.15. The molecule has 0 aliphatic heterocycles. The van der Waals surface area contributed by atoms with E-state index in [0.717, 1.165) is 42.4 Å². The van der Waals surface area contributed by atoms with E-state index in [2.05, 4.69) is 44.2 Å². The summed E-state index contributed by atoms with van der Waals surface area (Å²) in [7, 11) is -1.69. The Hall–Kier alpha value is -0.633. The number of alkyl halides is 1. The highest BCUT2D eigenvalue weighted by Crippen LogP contribution is 2.36. The average molecular weight is 421 g/mol. The van der Waals surface area contributed by atoms with Crippen LogP contribution < -0.4 is 5.32 Å². The van der Waals surface area contributed by atoms with E-state index in [1.807, 2.05) is 0 Å². The van der Waals surface area contributed by atoms with Gasteiger partial charge in [-0.25, -0.2) is 9.78 Å². The number of nitrogens with zero attached hydrogens (tertiary/aromatic N) is 1. The van der Waals surface area contributed by atoms with Gasteiger partial charge in [0, 0.05) is 23.9 Å². The molecule has 1 aromatic heterocycles. The molecule has 1 aromatic rings. The molecule has 0 atom stereocenters. The fraction of sp³-hybridized carbons (Fsp3) is 0.778. The van der Waals surface area contributed by atoms with Crippen LogP contribution in [0.5, 0.6) is 0 Å². The lowest BCUT2D eigenvalue weighted by Gasteiger charge is -2.36. The van der Waals surface area contributed by atoms with Gasteiger partial charge in [-0.2, -0.15) is 0 Å². The van der Waals surface area contributed by atoms with Gasteiger partial charge in [-0.05, 0) is 44.3 Å². The van der Waals surface area contributed by atoms with Crippen LogP contribution in [0.15, 0.2) is 0 Å². The predicted octanol–water partition coefficient (Wildman–Crippen LogP) is 5.32. The maximum Gasteiger partial charge on any atom is 0.358 e. The standard InChI is InChI=1S/C18H33ClN2O3SSi/c1-7-23-16(22)15-14(10-8-11-19)25-17(21-15)20-12-9-13-24-26(5,6)18(2,3)4/h7-13H2,1-6H3,(H,20,21). The lowest BCUT2D eigenvalue weighted by molar-refractivity contribution is 0.0519. The van der Waals surface area contributed by atoms with E-state index in [1.54, 1.807) is 6.92 Å². The number of carbonyl (C=O) groups is 1. The zero-order valence-corrected chi connectivity index (χ0v) is 19.5. The third-order valence-corrected chi connectivity index (χ3v) is 10.4. The molecule has 150 valence electrons. The second-order valence-electron chi connectivity index (χ2n) is 7.69. The number of carbonyl (C=O) groups excluding carboxylic acids is 1. The Morgan fingerprint density at radius 2 is 2.00 bits per heavy atom. The quantitative estimate of drug-likeness (QED) is 0.227. The molecule has 0 aliphatic carbocycles. The molecule has 0 radical (unpaired) electrons. The highest BCUT2D eigenvalue weighted by Gasteiger charge is 2.36. The van der Waals surface area contributed by atoms with E-state index in [0.29, 0.717) is 18.2 Å². The zero-order chi connectivity index (χ0) is 19.8. The van der Waals surface area contributed by atoms with E-state index >= 15 is 0 Å². The summed E-state index contributed by atoms with van der Waals surface area (Å²) in [5, 5.41) is 4.28. The Kier molecular flexibility index (Phi) is 9.58. The maximum atomic E-state index is 12.1. The zero-order valence-electron chi connectivity index (χ0n) is 16.9. The van der Waals surface area contributed by atoms with Gasteiger partial charge in [-0.15, -0.1) is 22.9 Å². The van der Waals surface area contributed by atoms with Crippen molar-refractivity contribution in [3.63, 3.8) is 0 Å². The summed E-state index contributed by atoms with van der Waals surface area (Å²) in [5.74, 6) is 0.205. The lowest BCUT2D eigenvalue weighted by atomic mass is 10.2. The Bertz CT molecular complexity index is 573. The van der Waals surface area contributed by atoms with Crippen molar-refractivity contribution in [2.45, 2.75) is 65.1 Å². The SMILES string of the molecule is CCOC(=O)c1nc(NCCCO[Si](C)(C)C(C)(C)C)sc1CCCCl. The van der Waals surface area contributed by atoms with Gasteiger partial charge in [-0.3, -0.25) is 0 Å². The molecule has 1 N–H and O–H groups in total. The third kappa shape index (κ3) is 7.17. The molecule has 5 nitrogen and oxygen atoms in total. The Morgan fingerprint density at radius 1 is 1.31 bits per heavy atom. The van der Waals surface area contributed by atoms with Crippen LogP contribution in [0, 0.1) is 0 Å². The first-order valence-electron chi connectivity index (χ1n) is 9.23. The van der Waals surface area contributed by atoms with Gasteiger partial charge in [-0.1, -0.05) is 20.8 Å². The Morgan fingerprint density at radius 3 is 2.58 bits per heavy atom. The van der Waals surface area contributed by atoms with Crippen molar-refractivity contribution in [2.24, 2.45) is 0 Å². The summed E-state index contributed by atoms with van der Waals surface area (Å²) in [5.41, 5.74) is 0.419. The molecule has 8 heteroatoms. The van der Waals surface area contributed by atoms with Gasteiger partial charge in [0.05, 0.1) is 6.61 Å². The lowest BCUT2D eigenvalue weighted by Crippen LogP contribution is -2.41. The second-order valence-corrected chi connectivity index (χ2v) is 14.0. The molecular weight excluding hydrogens is 388 g/mol. The summed E-state index contributed by atoms with van der Waals surface area (Å²) in [6.45, 7) is 14.9. The first kappa shape index (κ1) is 23.4. The number of hydrogen-bond donors (Lipinski definition) is 1. The fourth-order valence-corrected chi connectivity index (χ4v) is 4.23. The van der Waals surface area contributed by atoms with Gasteiger partial charge < -0.3 is 14.5 Å². The molecule has 0 saturated heterocycles. The normalized spacial score (nSPS) is 12.3. The van der Waals surface area contributed by atoms with Crippen LogP contribution in [-0.4, -0.2) is 44.9 Å². The van der Waals surface area contributed by atoms with Gasteiger partial charge in [0.25, 0.3) is 0 Å². The van der Waals surface area contributed by atoms with Crippen LogP contribution in [0.4, 0.5) is 5.13 Å². The number of ether oxygens (including phenoxy) is 1. The number of esters is 1. The molecular formula is C18H33ClN2O3SSi. The van der Waals surface area contributed by atoms with E-state index in [1.165, 1.54) is 11.3 Å². The largest absolute Gasteiger partial charge is 0.461 e. The summed E-state index contributed by atoms with van der Waals surface area (Å²) >= 11 is 7.29. The summed E-state index contributed by atoms with van der Waals surface area (Å²) in [4.78, 5) is 17.4. The van der Waals surface area contributed by atoms with Crippen molar-refractivity contribution in [2.75, 3.05) is 31.0 Å². The number of rotatable bonds is 11. The van der Waals surface area contributed by atoms with Gasteiger partial charge >= 0.3 is 5.97 Å². The Labute approximate surface area is 168 Å². The van der Waals surface area contributed by atoms with Crippen LogP contribution in [0.1, 0.15) is 55.9 Å². The van der Waals surface area contributed by atoms with Gasteiger partial charge in [0.15, 0.2) is 19.1 Å². The van der Waals surface area contributed by atoms with E-state index in [4.69, 9.17) is 20.8 Å². The monoisotopic (exact) mass is 420 g/mol. The number of halogens is 1. The van der Waals surface area contributed by atoms with Crippen LogP contribution >= 0.6 is 22.9 Å². The van der Waals surface area contributed by atoms with Gasteiger partial charge in [0.1, 0.15) is 0 Å². The molecule has 0 aliphatic rings. The highest BCUT2D eigenvalue weighted by atomic mass is 35.5. The van der Waals surface area contributed by atoms with E-state index in [9.17, 15) is 4.79 Å². The Balaban J connectivity index is 2.55. The average Bonchev–Trinajstić information content (AvgIpc) is 2.95. The van der Waals surface area contributed by atoms with Crippen molar-refractivity contribution in [3.8, 4) is 0 Å². The van der Waals surface area contributed by atoms with Crippen molar-refractivity contribution in [1.29, 1.82) is 0 Å². The first-order valence-corrected chi connectivity index (χ1v) is 13.5. The molecule has 0 saturated carbocycles. The van der Waals surface area contributed by atoms with Crippen molar-refractivity contribution >= 4 is 42.4 Å². The minimum atomic E-state index is -1.69. The van der Waals surface area contributed by atoms with Crippen LogP contribution in [-0.2, 0) is 15.6 Å². The number of nitrogens with one attached hydrogen (secondary N) is 1. The minimum Gasteiger partial charge on any atom is -0.461 e. The maximum absolute atomic E-state index is 12.1. The molecule has 0 spiro atoms. The molecule has 0 aromatic carbocycles. The third-order valence-electron chi connectivity index (χ3n) is 4.57. The summed E-state index contributed by atoms with van der Waals surface area (Å²) < 4.78 is 11.3. The van der Waals surface area contributed by atoms with Crippen molar-refractivity contribution < 1.29 is 14.0 Å². The van der Waals surface area contributed by atoms with Crippen molar-refractivity contribution in [1.82, 2.24) is 4.98 Å². The van der Waals surface area contributed by atoms with E-state index in [-0.39, 0.29) is 11.0 Å². The first-order chi connectivity index (χ1) is 12.1. The topological polar surface area (TPSA) is 60.5 Å². The molecule has 0 amide bonds. The van der Waals surface area contributed by atoms with Crippen LogP contribution in [0.2, 0.25) is 18.1 Å². The van der Waals surface area contributed by atoms with Crippen molar-refractivity contribution in [3.05, 3.63) is 10.6 Å². The molecule has 26 heavy (non-hydrogen) atoms. The number of thiazole rings is 1. The fourth-order valence-electron chi connectivity index (χ4n) is 1.99. The molecule has 1 heterocycles. The second kappa shape index (κ2) is 10.6. The van der Waals surface area contributed by atoms with Crippen LogP contribution in [0.3, 0.4) is 0 Å². The molecule has 0 unspecified atom stereocenters. The number of anilines is 1. The minimum absolute atomic E-state index is 0.224. The van der Waals surface area contributed by atoms with Gasteiger partial charge in [0.2, 0.25) is 0 Å². The molecule has 0 fully saturated rings. The predicted molar refractivity (Wildman–Crippen MR) is 113 cm³/mol. The molecule has 1 rings (SSSR count).